The van der Waals surface area contributed by atoms with E-state index in [0.717, 1.165) is 17.2 Å². The third-order valence-corrected chi connectivity index (χ3v) is 9.95. The predicted octanol–water partition coefficient (Wildman–Crippen LogP) is 7.32. The summed E-state index contributed by atoms with van der Waals surface area (Å²) >= 11 is 0. The largest absolute Gasteiger partial charge is 0.116 e. The van der Waals surface area contributed by atoms with Crippen LogP contribution in [0.4, 0.5) is 0 Å². The smallest absolute Gasteiger partial charge is 0.0171 e. The topological polar surface area (TPSA) is 0 Å². The van der Waals surface area contributed by atoms with Crippen molar-refractivity contribution in [3.8, 4) is 0 Å². The van der Waals surface area contributed by atoms with Gasteiger partial charge < -0.3 is 0 Å². The zero-order valence-electron chi connectivity index (χ0n) is 16.4. The fourth-order valence-electron chi connectivity index (χ4n) is 6.02. The summed E-state index contributed by atoms with van der Waals surface area (Å²) in [7, 11) is 1.26. The molecule has 0 bridgehead atoms. The van der Waals surface area contributed by atoms with Crippen LogP contribution in [0.1, 0.15) is 89.7 Å². The molecule has 0 amide bonds. The van der Waals surface area contributed by atoms with Crippen molar-refractivity contribution in [3.63, 3.8) is 0 Å². The molecule has 0 radical (unpaired) electrons. The Kier molecular flexibility index (Phi) is 5.11. The second-order valence-corrected chi connectivity index (χ2v) is 11.0. The summed E-state index contributed by atoms with van der Waals surface area (Å²) in [6.07, 6.45) is 13.4. The summed E-state index contributed by atoms with van der Waals surface area (Å²) in [6, 6.07) is 9.21. The van der Waals surface area contributed by atoms with Crippen molar-refractivity contribution < 1.29 is 0 Å². The van der Waals surface area contributed by atoms with Crippen LogP contribution in [0.2, 0.25) is 0 Å². The molecule has 0 saturated heterocycles. The van der Waals surface area contributed by atoms with Crippen LogP contribution in [0.15, 0.2) is 29.8 Å². The normalized spacial score (nSPS) is 34.0. The maximum Gasteiger partial charge on any atom is 0.0171 e. The third-order valence-electron chi connectivity index (χ3n) is 7.85. The molecule has 0 spiro atoms. The second-order valence-electron chi connectivity index (χ2n) is 9.05. The summed E-state index contributed by atoms with van der Waals surface area (Å²) in [5, 5.41) is 0. The molecule has 0 aliphatic heterocycles. The van der Waals surface area contributed by atoms with Gasteiger partial charge in [-0.2, -0.15) is 0 Å². The lowest BCUT2D eigenvalue weighted by Crippen LogP contribution is -2.35. The molecule has 2 atom stereocenters. The van der Waals surface area contributed by atoms with Crippen LogP contribution in [0.25, 0.3) is 5.57 Å². The molecule has 0 aromatic heterocycles. The van der Waals surface area contributed by atoms with Crippen LogP contribution in [0, 0.1) is 5.92 Å². The molecule has 0 nitrogen and oxygen atoms in total. The number of allylic oxidation sites excluding steroid dienone is 2. The quantitative estimate of drug-likeness (QED) is 0.499. The van der Waals surface area contributed by atoms with E-state index >= 15 is 0 Å². The van der Waals surface area contributed by atoms with Crippen LogP contribution < -0.4 is 0 Å². The van der Waals surface area contributed by atoms with Gasteiger partial charge in [-0.3, -0.25) is 0 Å². The number of hydrogen-bond acceptors (Lipinski definition) is 0. The van der Waals surface area contributed by atoms with Gasteiger partial charge in [0.15, 0.2) is 0 Å². The Balaban J connectivity index is 1.45. The molecule has 25 heavy (non-hydrogen) atoms. The minimum Gasteiger partial charge on any atom is -0.116 e. The Hall–Kier alpha value is -0.610. The highest BCUT2D eigenvalue weighted by atomic mass is 31.1. The molecular formula is C24H35P. The van der Waals surface area contributed by atoms with Gasteiger partial charge in [0, 0.05) is 5.41 Å². The molecule has 1 aromatic rings. The first-order chi connectivity index (χ1) is 12.1. The van der Waals surface area contributed by atoms with E-state index in [9.17, 15) is 0 Å². The van der Waals surface area contributed by atoms with Gasteiger partial charge in [-0.05, 0) is 86.3 Å². The second kappa shape index (κ2) is 7.19. The highest BCUT2D eigenvalue weighted by Crippen LogP contribution is 2.55. The Morgan fingerprint density at radius 3 is 2.20 bits per heavy atom. The van der Waals surface area contributed by atoms with E-state index in [0.29, 0.717) is 5.41 Å². The summed E-state index contributed by atoms with van der Waals surface area (Å²) in [6.45, 7) is 7.30. The van der Waals surface area contributed by atoms with Crippen molar-refractivity contribution in [1.29, 1.82) is 0 Å². The number of fused-ring (bicyclic) bond motifs is 1. The lowest BCUT2D eigenvalue weighted by molar-refractivity contribution is 0.256. The first-order valence-corrected chi connectivity index (χ1v) is 11.8. The van der Waals surface area contributed by atoms with Gasteiger partial charge in [0.25, 0.3) is 0 Å². The molecule has 3 aliphatic rings. The van der Waals surface area contributed by atoms with E-state index in [1.807, 2.05) is 0 Å². The van der Waals surface area contributed by atoms with Crippen molar-refractivity contribution in [2.45, 2.75) is 95.3 Å². The van der Waals surface area contributed by atoms with Crippen molar-refractivity contribution >= 4 is 14.2 Å². The summed E-state index contributed by atoms with van der Waals surface area (Å²) in [5.74, 6) is 0.846. The molecule has 1 aromatic carbocycles. The zero-order chi connectivity index (χ0) is 17.4. The van der Waals surface area contributed by atoms with E-state index in [-0.39, 0.29) is 0 Å². The zero-order valence-corrected chi connectivity index (χ0v) is 17.4. The summed E-state index contributed by atoms with van der Waals surface area (Å²) in [4.78, 5) is 0. The van der Waals surface area contributed by atoms with Crippen molar-refractivity contribution in [2.24, 2.45) is 5.92 Å². The van der Waals surface area contributed by atoms with E-state index in [2.05, 4.69) is 45.0 Å². The molecule has 136 valence electrons. The fourth-order valence-corrected chi connectivity index (χ4v) is 8.10. The minimum absolute atomic E-state index is 0.291. The van der Waals surface area contributed by atoms with E-state index < -0.39 is 0 Å². The van der Waals surface area contributed by atoms with Crippen LogP contribution in [-0.2, 0) is 5.41 Å². The summed E-state index contributed by atoms with van der Waals surface area (Å²) in [5.41, 5.74) is 8.75. The van der Waals surface area contributed by atoms with Crippen LogP contribution in [0.3, 0.4) is 0 Å². The van der Waals surface area contributed by atoms with Crippen molar-refractivity contribution in [2.75, 3.05) is 0 Å². The average molecular weight is 355 g/mol. The maximum absolute atomic E-state index is 2.55. The molecule has 0 N–H and O–H groups in total. The standard InChI is InChI=1S/C24H35P/c1-17-18(2)24(3,23-12-8-7-11-22(17)23)19-13-15-21(16-14-19)25-20-9-5-4-6-10-20/h7-8,11-12,19-21,25H,4-6,9-10,13-16H2,1-3H3. The van der Waals surface area contributed by atoms with Gasteiger partial charge >= 0.3 is 0 Å². The fraction of sp³-hybridized carbons (Fsp3) is 0.667. The Morgan fingerprint density at radius 1 is 0.840 bits per heavy atom. The van der Waals surface area contributed by atoms with Crippen LogP contribution in [0.5, 0.6) is 0 Å². The Bertz CT molecular complexity index is 644. The van der Waals surface area contributed by atoms with Crippen LogP contribution in [-0.4, -0.2) is 11.3 Å². The van der Waals surface area contributed by atoms with E-state index in [1.54, 1.807) is 16.7 Å². The maximum atomic E-state index is 2.55. The average Bonchev–Trinajstić information content (AvgIpc) is 2.86. The Morgan fingerprint density at radius 2 is 1.48 bits per heavy atom. The lowest BCUT2D eigenvalue weighted by Gasteiger charge is -2.42. The molecule has 2 fully saturated rings. The van der Waals surface area contributed by atoms with E-state index in [1.165, 1.54) is 71.9 Å². The van der Waals surface area contributed by atoms with Crippen molar-refractivity contribution in [1.82, 2.24) is 0 Å². The Labute approximate surface area is 156 Å². The van der Waals surface area contributed by atoms with Crippen LogP contribution >= 0.6 is 8.58 Å². The molecule has 2 saturated carbocycles. The highest BCUT2D eigenvalue weighted by molar-refractivity contribution is 7.39. The first kappa shape index (κ1) is 17.8. The molecule has 3 aliphatic carbocycles. The van der Waals surface area contributed by atoms with Gasteiger partial charge in [0.05, 0.1) is 0 Å². The highest BCUT2D eigenvalue weighted by Gasteiger charge is 2.44. The number of rotatable bonds is 3. The minimum atomic E-state index is 0.291. The molecule has 4 rings (SSSR count). The lowest BCUT2D eigenvalue weighted by atomic mass is 9.64. The van der Waals surface area contributed by atoms with Gasteiger partial charge in [0.1, 0.15) is 0 Å². The monoisotopic (exact) mass is 354 g/mol. The number of benzene rings is 1. The SMILES string of the molecule is CC1=C(C)C(C)(C2CCC(PC3CCCCC3)CC2)c2ccccc21. The van der Waals surface area contributed by atoms with Gasteiger partial charge in [-0.25, -0.2) is 0 Å². The molecular weight excluding hydrogens is 319 g/mol. The predicted molar refractivity (Wildman–Crippen MR) is 113 cm³/mol. The van der Waals surface area contributed by atoms with Gasteiger partial charge in [-0.1, -0.05) is 56.0 Å². The van der Waals surface area contributed by atoms with Crippen molar-refractivity contribution in [3.05, 3.63) is 41.0 Å². The van der Waals surface area contributed by atoms with Gasteiger partial charge in [0.2, 0.25) is 0 Å². The molecule has 0 heterocycles. The number of hydrogen-bond donors (Lipinski definition) is 0. The first-order valence-electron chi connectivity index (χ1n) is 10.6. The molecule has 1 heteroatoms. The molecule has 2 unspecified atom stereocenters. The van der Waals surface area contributed by atoms with E-state index in [4.69, 9.17) is 0 Å². The third kappa shape index (κ3) is 3.14. The summed E-state index contributed by atoms with van der Waals surface area (Å²) < 4.78 is 0. The van der Waals surface area contributed by atoms with Gasteiger partial charge in [-0.15, -0.1) is 8.58 Å².